The van der Waals surface area contributed by atoms with Crippen molar-refractivity contribution in [2.45, 2.75) is 37.9 Å². The molecular formula is C21H23BrF3N3O2. The monoisotopic (exact) mass is 485 g/mol. The Kier molecular flexibility index (Phi) is 7.58. The van der Waals surface area contributed by atoms with E-state index in [1.165, 1.54) is 6.07 Å². The molecule has 0 unspecified atom stereocenters. The number of amides is 1. The SMILES string of the molecule is O=C(CCCOc1cccc(Br)c1)NC1CCN(c2ccc(C(F)(F)F)cn2)CC1. The Morgan fingerprint density at radius 2 is 2.00 bits per heavy atom. The molecule has 9 heteroatoms. The molecule has 0 bridgehead atoms. The minimum atomic E-state index is -4.38. The van der Waals surface area contributed by atoms with Gasteiger partial charge in [-0.1, -0.05) is 22.0 Å². The molecule has 1 aromatic carbocycles. The van der Waals surface area contributed by atoms with Crippen LogP contribution in [0.2, 0.25) is 0 Å². The third kappa shape index (κ3) is 6.62. The Morgan fingerprint density at radius 3 is 2.63 bits per heavy atom. The highest BCUT2D eigenvalue weighted by molar-refractivity contribution is 9.10. The van der Waals surface area contributed by atoms with Gasteiger partial charge >= 0.3 is 6.18 Å². The van der Waals surface area contributed by atoms with E-state index in [2.05, 4.69) is 26.2 Å². The summed E-state index contributed by atoms with van der Waals surface area (Å²) >= 11 is 3.38. The molecule has 0 saturated carbocycles. The lowest BCUT2D eigenvalue weighted by molar-refractivity contribution is -0.137. The first-order chi connectivity index (χ1) is 14.3. The highest BCUT2D eigenvalue weighted by Gasteiger charge is 2.31. The number of hydrogen-bond donors (Lipinski definition) is 1. The lowest BCUT2D eigenvalue weighted by Gasteiger charge is -2.33. The third-order valence-electron chi connectivity index (χ3n) is 4.87. The molecule has 1 fully saturated rings. The van der Waals surface area contributed by atoms with Crippen LogP contribution in [0.1, 0.15) is 31.2 Å². The number of piperidine rings is 1. The maximum atomic E-state index is 12.6. The van der Waals surface area contributed by atoms with E-state index < -0.39 is 11.7 Å². The van der Waals surface area contributed by atoms with E-state index in [1.807, 2.05) is 29.2 Å². The van der Waals surface area contributed by atoms with Crippen LogP contribution in [-0.4, -0.2) is 36.6 Å². The van der Waals surface area contributed by atoms with Gasteiger partial charge in [-0.25, -0.2) is 4.98 Å². The molecule has 2 heterocycles. The Bertz CT molecular complexity index is 838. The Labute approximate surface area is 181 Å². The van der Waals surface area contributed by atoms with Gasteiger partial charge in [0.15, 0.2) is 0 Å². The van der Waals surface area contributed by atoms with Crippen molar-refractivity contribution in [1.29, 1.82) is 0 Å². The molecule has 1 amide bonds. The van der Waals surface area contributed by atoms with Gasteiger partial charge in [-0.2, -0.15) is 13.2 Å². The van der Waals surface area contributed by atoms with Crippen LogP contribution in [0.4, 0.5) is 19.0 Å². The molecule has 3 rings (SSSR count). The molecule has 1 saturated heterocycles. The first-order valence-electron chi connectivity index (χ1n) is 9.77. The van der Waals surface area contributed by atoms with Crippen molar-refractivity contribution in [1.82, 2.24) is 10.3 Å². The summed E-state index contributed by atoms with van der Waals surface area (Å²) in [7, 11) is 0. The molecule has 0 aliphatic carbocycles. The Balaban J connectivity index is 1.35. The van der Waals surface area contributed by atoms with E-state index >= 15 is 0 Å². The average Bonchev–Trinajstić information content (AvgIpc) is 2.71. The number of ether oxygens (including phenoxy) is 1. The number of carbonyl (C=O) groups is 1. The molecular weight excluding hydrogens is 463 g/mol. The van der Waals surface area contributed by atoms with Crippen molar-refractivity contribution in [2.75, 3.05) is 24.6 Å². The number of nitrogens with one attached hydrogen (secondary N) is 1. The molecule has 1 aromatic heterocycles. The molecule has 1 aliphatic rings. The molecule has 5 nitrogen and oxygen atoms in total. The topological polar surface area (TPSA) is 54.5 Å². The zero-order valence-corrected chi connectivity index (χ0v) is 17.9. The summed E-state index contributed by atoms with van der Waals surface area (Å²) in [6.45, 7) is 1.73. The average molecular weight is 486 g/mol. The first kappa shape index (κ1) is 22.4. The van der Waals surface area contributed by atoms with E-state index in [4.69, 9.17) is 4.74 Å². The van der Waals surface area contributed by atoms with Gasteiger partial charge in [-0.15, -0.1) is 0 Å². The van der Waals surface area contributed by atoms with Crippen LogP contribution >= 0.6 is 15.9 Å². The van der Waals surface area contributed by atoms with Crippen molar-refractivity contribution in [3.63, 3.8) is 0 Å². The Hall–Kier alpha value is -2.29. The maximum absolute atomic E-state index is 12.6. The number of rotatable bonds is 7. The van der Waals surface area contributed by atoms with Gasteiger partial charge in [0.25, 0.3) is 0 Å². The van der Waals surface area contributed by atoms with Crippen molar-refractivity contribution in [3.05, 3.63) is 52.6 Å². The second-order valence-electron chi connectivity index (χ2n) is 7.14. The van der Waals surface area contributed by atoms with Crippen molar-refractivity contribution >= 4 is 27.7 Å². The van der Waals surface area contributed by atoms with Gasteiger partial charge in [-0.3, -0.25) is 4.79 Å². The number of pyridine rings is 1. The van der Waals surface area contributed by atoms with Gasteiger partial charge in [0.2, 0.25) is 5.91 Å². The van der Waals surface area contributed by atoms with E-state index in [-0.39, 0.29) is 11.9 Å². The molecule has 0 atom stereocenters. The van der Waals surface area contributed by atoms with Crippen molar-refractivity contribution in [2.24, 2.45) is 0 Å². The largest absolute Gasteiger partial charge is 0.494 e. The number of alkyl halides is 3. The number of carbonyl (C=O) groups excluding carboxylic acids is 1. The molecule has 0 radical (unpaired) electrons. The van der Waals surface area contributed by atoms with Crippen molar-refractivity contribution in [3.8, 4) is 5.75 Å². The van der Waals surface area contributed by atoms with E-state index in [9.17, 15) is 18.0 Å². The third-order valence-corrected chi connectivity index (χ3v) is 5.37. The van der Waals surface area contributed by atoms with Gasteiger partial charge in [-0.05, 0) is 49.6 Å². The van der Waals surface area contributed by atoms with Crippen molar-refractivity contribution < 1.29 is 22.7 Å². The highest BCUT2D eigenvalue weighted by atomic mass is 79.9. The number of nitrogens with zero attached hydrogens (tertiary/aromatic N) is 2. The summed E-state index contributed by atoms with van der Waals surface area (Å²) in [5.74, 6) is 1.27. The lowest BCUT2D eigenvalue weighted by atomic mass is 10.0. The summed E-state index contributed by atoms with van der Waals surface area (Å²) < 4.78 is 44.5. The Morgan fingerprint density at radius 1 is 1.23 bits per heavy atom. The van der Waals surface area contributed by atoms with E-state index in [0.29, 0.717) is 38.4 Å². The number of aromatic nitrogens is 1. The molecule has 1 aliphatic heterocycles. The molecule has 30 heavy (non-hydrogen) atoms. The first-order valence-corrected chi connectivity index (χ1v) is 10.6. The standard InChI is InChI=1S/C21H23BrF3N3O2/c22-16-3-1-4-18(13-16)30-12-2-5-20(29)27-17-8-10-28(11-9-17)19-7-6-15(14-26-19)21(23,24)25/h1,3-4,6-7,13-14,17H,2,5,8-12H2,(H,27,29). The molecule has 0 spiro atoms. The van der Waals surface area contributed by atoms with Crippen LogP contribution in [0.5, 0.6) is 5.75 Å². The van der Waals surface area contributed by atoms with E-state index in [0.717, 1.165) is 35.3 Å². The number of benzene rings is 1. The fourth-order valence-electron chi connectivity index (χ4n) is 3.27. The maximum Gasteiger partial charge on any atom is 0.417 e. The van der Waals surface area contributed by atoms with Gasteiger partial charge in [0, 0.05) is 36.2 Å². The second-order valence-corrected chi connectivity index (χ2v) is 8.06. The normalized spacial score (nSPS) is 15.1. The van der Waals surface area contributed by atoms with Crippen LogP contribution in [0.3, 0.4) is 0 Å². The minimum Gasteiger partial charge on any atom is -0.494 e. The second kappa shape index (κ2) is 10.1. The van der Waals surface area contributed by atoms with Crippen LogP contribution in [0.25, 0.3) is 0 Å². The van der Waals surface area contributed by atoms with Crippen LogP contribution in [0.15, 0.2) is 47.1 Å². The molecule has 1 N–H and O–H groups in total. The number of anilines is 1. The zero-order chi connectivity index (χ0) is 21.6. The van der Waals surface area contributed by atoms with Crippen LogP contribution < -0.4 is 15.0 Å². The number of halogens is 4. The lowest BCUT2D eigenvalue weighted by Crippen LogP contribution is -2.45. The fraction of sp³-hybridized carbons (Fsp3) is 0.429. The minimum absolute atomic E-state index is 0.0149. The predicted octanol–water partition coefficient (Wildman–Crippen LogP) is 4.81. The van der Waals surface area contributed by atoms with E-state index in [1.54, 1.807) is 0 Å². The molecule has 2 aromatic rings. The zero-order valence-electron chi connectivity index (χ0n) is 16.3. The predicted molar refractivity (Wildman–Crippen MR) is 111 cm³/mol. The number of hydrogen-bond acceptors (Lipinski definition) is 4. The summed E-state index contributed by atoms with van der Waals surface area (Å²) in [6, 6.07) is 10.1. The fourth-order valence-corrected chi connectivity index (χ4v) is 3.65. The quantitative estimate of drug-likeness (QED) is 0.571. The summed E-state index contributed by atoms with van der Waals surface area (Å²) in [6.07, 6.45) is -1.07. The van der Waals surface area contributed by atoms with Gasteiger partial charge in [0.05, 0.1) is 12.2 Å². The smallest absolute Gasteiger partial charge is 0.417 e. The van der Waals surface area contributed by atoms with Crippen LogP contribution in [-0.2, 0) is 11.0 Å². The van der Waals surface area contributed by atoms with Gasteiger partial charge < -0.3 is 15.0 Å². The van der Waals surface area contributed by atoms with Crippen LogP contribution in [0, 0.1) is 0 Å². The molecule has 162 valence electrons. The summed E-state index contributed by atoms with van der Waals surface area (Å²) in [5.41, 5.74) is -0.753. The summed E-state index contributed by atoms with van der Waals surface area (Å²) in [5, 5.41) is 3.03. The highest BCUT2D eigenvalue weighted by Crippen LogP contribution is 2.29. The van der Waals surface area contributed by atoms with Gasteiger partial charge in [0.1, 0.15) is 11.6 Å². The summed E-state index contributed by atoms with van der Waals surface area (Å²) in [4.78, 5) is 18.0.